The molecule has 0 aliphatic heterocycles. The van der Waals surface area contributed by atoms with E-state index in [1.54, 1.807) is 0 Å². The fourth-order valence-electron chi connectivity index (χ4n) is 15.2. The predicted octanol–water partition coefficient (Wildman–Crippen LogP) is 31.0. The van der Waals surface area contributed by atoms with Gasteiger partial charge in [-0.3, -0.25) is 0 Å². The summed E-state index contributed by atoms with van der Waals surface area (Å²) in [6.45, 7) is 6.38. The topological polar surface area (TPSA) is 9.72 Å². The van der Waals surface area contributed by atoms with Crippen molar-refractivity contribution in [2.24, 2.45) is 0 Å². The van der Waals surface area contributed by atoms with Crippen LogP contribution in [0.15, 0.2) is 449 Å². The zero-order valence-corrected chi connectivity index (χ0v) is 63.1. The van der Waals surface area contributed by atoms with Gasteiger partial charge in [0.2, 0.25) is 0 Å². The van der Waals surface area contributed by atoms with Crippen LogP contribution in [0.4, 0.5) is 51.2 Å². The number of aryl methyl sites for hydroxylation is 3. The highest BCUT2D eigenvalue weighted by molar-refractivity contribution is 5.99. The van der Waals surface area contributed by atoms with Crippen LogP contribution in [-0.2, 0) is 0 Å². The van der Waals surface area contributed by atoms with Gasteiger partial charge in [0.05, 0.1) is 0 Å². The molecule has 0 saturated heterocycles. The quantitative estimate of drug-likeness (QED) is 0.101. The molecule has 0 unspecified atom stereocenters. The van der Waals surface area contributed by atoms with Crippen molar-refractivity contribution in [1.29, 1.82) is 0 Å². The fourth-order valence-corrected chi connectivity index (χ4v) is 15.2. The van der Waals surface area contributed by atoms with Crippen molar-refractivity contribution in [2.75, 3.05) is 14.7 Å². The molecule has 0 heterocycles. The summed E-state index contributed by atoms with van der Waals surface area (Å²) in [7, 11) is 0. The van der Waals surface area contributed by atoms with Gasteiger partial charge in [-0.2, -0.15) is 0 Å². The number of fused-ring (bicyclic) bond motifs is 4. The summed E-state index contributed by atoms with van der Waals surface area (Å²) in [5, 5.41) is 10.1. The van der Waals surface area contributed by atoms with Crippen molar-refractivity contribution in [3.05, 3.63) is 466 Å². The van der Waals surface area contributed by atoms with E-state index >= 15 is 0 Å². The number of hydrogen-bond donors (Lipinski definition) is 0. The lowest BCUT2D eigenvalue weighted by atomic mass is 9.97. The second-order valence-corrected chi connectivity index (χ2v) is 28.7. The van der Waals surface area contributed by atoms with E-state index in [0.717, 1.165) is 51.2 Å². The Bertz CT molecular complexity index is 6040. The van der Waals surface area contributed by atoms with Crippen molar-refractivity contribution >= 4 is 94.3 Å². The Balaban J connectivity index is 0.000000123. The second-order valence-electron chi connectivity index (χ2n) is 28.7. The van der Waals surface area contributed by atoms with Gasteiger partial charge in [-0.05, 0) is 252 Å². The third-order valence-electron chi connectivity index (χ3n) is 21.2. The van der Waals surface area contributed by atoms with Gasteiger partial charge in [-0.15, -0.1) is 0 Å². The van der Waals surface area contributed by atoms with Gasteiger partial charge in [-0.1, -0.05) is 344 Å². The van der Waals surface area contributed by atoms with E-state index in [1.807, 2.05) is 0 Å². The van der Waals surface area contributed by atoms with Crippen LogP contribution in [-0.4, -0.2) is 0 Å². The van der Waals surface area contributed by atoms with Crippen LogP contribution in [0, 0.1) is 20.8 Å². The number of nitrogens with zero attached hydrogens (tertiary/aromatic N) is 3. The molecule has 19 rings (SSSR count). The maximum atomic E-state index is 2.33. The van der Waals surface area contributed by atoms with Crippen LogP contribution in [0.3, 0.4) is 0 Å². The first-order chi connectivity index (χ1) is 55.2. The molecule has 0 atom stereocenters. The van der Waals surface area contributed by atoms with E-state index < -0.39 is 0 Å². The van der Waals surface area contributed by atoms with Gasteiger partial charge >= 0.3 is 0 Å². The molecular weight excluding hydrogens is 1350 g/mol. The molecule has 19 aromatic rings. The highest BCUT2D eigenvalue weighted by Crippen LogP contribution is 2.43. The van der Waals surface area contributed by atoms with Gasteiger partial charge in [0.25, 0.3) is 0 Å². The largest absolute Gasteiger partial charge is 0.311 e. The third-order valence-corrected chi connectivity index (χ3v) is 21.2. The fraction of sp³-hybridized carbons (Fsp3) is 0.0275. The summed E-state index contributed by atoms with van der Waals surface area (Å²) >= 11 is 0. The molecule has 0 saturated carbocycles. The first-order valence-electron chi connectivity index (χ1n) is 38.5. The van der Waals surface area contributed by atoms with E-state index in [-0.39, 0.29) is 0 Å². The van der Waals surface area contributed by atoms with Gasteiger partial charge < -0.3 is 14.7 Å². The van der Waals surface area contributed by atoms with Crippen LogP contribution < -0.4 is 14.7 Å². The molecular formula is C109H83N3. The minimum Gasteiger partial charge on any atom is -0.311 e. The molecule has 0 spiro atoms. The minimum atomic E-state index is 1.13. The summed E-state index contributed by atoms with van der Waals surface area (Å²) in [5.41, 5.74) is 28.7. The summed E-state index contributed by atoms with van der Waals surface area (Å²) in [6.07, 6.45) is 0. The molecule has 0 aliphatic carbocycles. The highest BCUT2D eigenvalue weighted by atomic mass is 15.2. The molecule has 0 aliphatic rings. The van der Waals surface area contributed by atoms with Crippen LogP contribution >= 0.6 is 0 Å². The van der Waals surface area contributed by atoms with E-state index in [2.05, 4.69) is 484 Å². The van der Waals surface area contributed by atoms with Crippen LogP contribution in [0.2, 0.25) is 0 Å². The Morgan fingerprint density at radius 1 is 0.134 bits per heavy atom. The Kier molecular flexibility index (Phi) is 20.5. The molecule has 0 fully saturated rings. The van der Waals surface area contributed by atoms with Gasteiger partial charge in [0.15, 0.2) is 0 Å². The molecule has 112 heavy (non-hydrogen) atoms. The molecule has 0 amide bonds. The van der Waals surface area contributed by atoms with Crippen molar-refractivity contribution < 1.29 is 0 Å². The predicted molar refractivity (Wildman–Crippen MR) is 480 cm³/mol. The molecule has 0 bridgehead atoms. The lowest BCUT2D eigenvalue weighted by Gasteiger charge is -2.26. The number of rotatable bonds is 15. The van der Waals surface area contributed by atoms with Crippen LogP contribution in [0.25, 0.3) is 110 Å². The van der Waals surface area contributed by atoms with Crippen LogP contribution in [0.1, 0.15) is 16.7 Å². The van der Waals surface area contributed by atoms with Gasteiger partial charge in [0, 0.05) is 51.2 Å². The van der Waals surface area contributed by atoms with Crippen molar-refractivity contribution in [3.8, 4) is 66.8 Å². The van der Waals surface area contributed by atoms with E-state index in [0.29, 0.717) is 0 Å². The SMILES string of the molecule is Cc1ccc(N(c2ccc(-c3ccc4ccccc4c3)cc2)c2ccc(-c3ccc4ccccc4c3)cc2)cc1.Cc1ccc(N(c2ccc(-c3cccc4ccccc34)cc2)c2ccc(-c3cccc4ccccc34)cc2)cc1.Cc1ccc(N(c2ccc(-c3ccccc3)cc2)c2ccc(-c3ccccc3)cc2)cc1. The zero-order chi connectivity index (χ0) is 75.5. The summed E-state index contributed by atoms with van der Waals surface area (Å²) < 4.78 is 0. The van der Waals surface area contributed by atoms with Gasteiger partial charge in [-0.25, -0.2) is 0 Å². The Labute approximate surface area is 657 Å². The number of benzene rings is 19. The van der Waals surface area contributed by atoms with E-state index in [1.165, 1.54) is 127 Å². The van der Waals surface area contributed by atoms with Crippen molar-refractivity contribution in [1.82, 2.24) is 0 Å². The summed E-state index contributed by atoms with van der Waals surface area (Å²) in [6, 6.07) is 161. The second kappa shape index (κ2) is 32.6. The first-order valence-corrected chi connectivity index (χ1v) is 38.5. The van der Waals surface area contributed by atoms with E-state index in [4.69, 9.17) is 0 Å². The third kappa shape index (κ3) is 15.7. The highest BCUT2D eigenvalue weighted by Gasteiger charge is 2.18. The van der Waals surface area contributed by atoms with Crippen molar-refractivity contribution in [2.45, 2.75) is 20.8 Å². The smallest absolute Gasteiger partial charge is 0.0462 e. The van der Waals surface area contributed by atoms with Gasteiger partial charge in [0.1, 0.15) is 0 Å². The molecule has 3 heteroatoms. The number of hydrogen-bond acceptors (Lipinski definition) is 3. The maximum Gasteiger partial charge on any atom is 0.0462 e. The zero-order valence-electron chi connectivity index (χ0n) is 63.1. The maximum absolute atomic E-state index is 2.33. The lowest BCUT2D eigenvalue weighted by Crippen LogP contribution is -2.09. The summed E-state index contributed by atoms with van der Waals surface area (Å²) in [5.74, 6) is 0. The Morgan fingerprint density at radius 2 is 0.339 bits per heavy atom. The first kappa shape index (κ1) is 70.6. The minimum absolute atomic E-state index is 1.13. The summed E-state index contributed by atoms with van der Waals surface area (Å²) in [4.78, 5) is 6.97. The Hall–Kier alpha value is -14.4. The Morgan fingerprint density at radius 3 is 0.634 bits per heavy atom. The lowest BCUT2D eigenvalue weighted by molar-refractivity contribution is 1.27. The monoisotopic (exact) mass is 1430 g/mol. The average molecular weight is 1430 g/mol. The molecule has 534 valence electrons. The molecule has 19 aromatic carbocycles. The molecule has 0 radical (unpaired) electrons. The number of anilines is 9. The van der Waals surface area contributed by atoms with E-state index in [9.17, 15) is 0 Å². The van der Waals surface area contributed by atoms with Crippen molar-refractivity contribution in [3.63, 3.8) is 0 Å². The molecule has 0 aromatic heterocycles. The molecule has 0 N–H and O–H groups in total. The van der Waals surface area contributed by atoms with Crippen LogP contribution in [0.5, 0.6) is 0 Å². The normalized spacial score (nSPS) is 11.0. The standard InChI is InChI=1S/2C39H29N.C31H25N/c1-28-16-22-33(23-17-28)40(34-24-18-31(19-25-34)38-14-6-10-29-8-2-4-12-36(29)38)35-26-20-32(21-27-35)39-15-7-11-30-9-3-5-13-37(30)39;1-28-10-20-37(21-11-28)40(38-22-16-31(17-23-38)35-14-12-29-6-2-4-8-33(29)26-35)39-24-18-32(19-25-39)36-15-13-30-7-3-5-9-34(30)27-36;1-24-12-18-29(19-13-24)32(30-20-14-27(15-21-30)25-8-4-2-5-9-25)31-22-16-28(17-23-31)26-10-6-3-7-11-26/h2*2-27H,1H3;2-23H,1H3. The molecule has 3 nitrogen and oxygen atoms in total. The average Bonchev–Trinajstić information content (AvgIpc) is 0.779.